The van der Waals surface area contributed by atoms with Gasteiger partial charge in [0.25, 0.3) is 0 Å². The molecule has 0 spiro atoms. The second-order valence-electron chi connectivity index (χ2n) is 5.49. The minimum Gasteiger partial charge on any atom is -0.301 e. The minimum atomic E-state index is 0.586. The van der Waals surface area contributed by atoms with Crippen molar-refractivity contribution < 1.29 is 0 Å². The van der Waals surface area contributed by atoms with Crippen molar-refractivity contribution in [2.24, 2.45) is 5.92 Å². The molecule has 2 fully saturated rings. The largest absolute Gasteiger partial charge is 0.301 e. The van der Waals surface area contributed by atoms with Crippen molar-refractivity contribution in [3.8, 4) is 0 Å². The second kappa shape index (κ2) is 5.11. The predicted molar refractivity (Wildman–Crippen MR) is 72.0 cm³/mol. The van der Waals surface area contributed by atoms with E-state index in [1.165, 1.54) is 51.7 Å². The van der Waals surface area contributed by atoms with Crippen molar-refractivity contribution in [3.63, 3.8) is 0 Å². The van der Waals surface area contributed by atoms with Gasteiger partial charge in [0.15, 0.2) is 0 Å². The van der Waals surface area contributed by atoms with Gasteiger partial charge in [-0.15, -0.1) is 0 Å². The molecule has 0 radical (unpaired) electrons. The maximum absolute atomic E-state index is 4.41. The summed E-state index contributed by atoms with van der Waals surface area (Å²) in [5, 5.41) is 4.41. The third-order valence-electron chi connectivity index (χ3n) is 4.18. The Kier molecular flexibility index (Phi) is 3.52. The maximum atomic E-state index is 4.41. The van der Waals surface area contributed by atoms with Crippen LogP contribution in [0.2, 0.25) is 0 Å². The molecule has 2 heterocycles. The zero-order chi connectivity index (χ0) is 11.7. The number of rotatable bonds is 3. The molecule has 1 aliphatic heterocycles. The van der Waals surface area contributed by atoms with E-state index in [0.717, 1.165) is 10.4 Å². The summed E-state index contributed by atoms with van der Waals surface area (Å²) < 4.78 is 3.21. The van der Waals surface area contributed by atoms with Crippen LogP contribution < -0.4 is 0 Å². The zero-order valence-corrected chi connectivity index (χ0v) is 11.8. The van der Waals surface area contributed by atoms with Gasteiger partial charge in [-0.05, 0) is 41.1 Å². The van der Waals surface area contributed by atoms with Crippen molar-refractivity contribution >= 4 is 15.9 Å². The zero-order valence-electron chi connectivity index (χ0n) is 10.2. The summed E-state index contributed by atoms with van der Waals surface area (Å²) in [5.74, 6) is 0.970. The van der Waals surface area contributed by atoms with E-state index < -0.39 is 0 Å². The molecular weight excluding hydrogens is 278 g/mol. The number of hydrogen-bond acceptors (Lipinski definition) is 2. The molecule has 2 aliphatic rings. The molecule has 0 bridgehead atoms. The molecule has 0 amide bonds. The average Bonchev–Trinajstić information content (AvgIpc) is 2.99. The van der Waals surface area contributed by atoms with Gasteiger partial charge in [-0.3, -0.25) is 4.68 Å². The summed E-state index contributed by atoms with van der Waals surface area (Å²) in [7, 11) is 0. The number of halogens is 1. The van der Waals surface area contributed by atoms with Gasteiger partial charge in [0.05, 0.1) is 16.7 Å². The summed E-state index contributed by atoms with van der Waals surface area (Å²) >= 11 is 3.47. The van der Waals surface area contributed by atoms with Crippen LogP contribution in [-0.2, 0) is 0 Å². The van der Waals surface area contributed by atoms with Gasteiger partial charge in [-0.2, -0.15) is 5.10 Å². The van der Waals surface area contributed by atoms with Crippen LogP contribution in [0.4, 0.5) is 0 Å². The Bertz CT molecular complexity index is 370. The van der Waals surface area contributed by atoms with Crippen LogP contribution in [0, 0.1) is 5.92 Å². The van der Waals surface area contributed by atoms with Gasteiger partial charge >= 0.3 is 0 Å². The molecule has 1 saturated heterocycles. The first kappa shape index (κ1) is 11.7. The molecule has 3 nitrogen and oxygen atoms in total. The molecule has 94 valence electrons. The monoisotopic (exact) mass is 297 g/mol. The quantitative estimate of drug-likeness (QED) is 0.855. The van der Waals surface area contributed by atoms with Crippen LogP contribution in [0.1, 0.15) is 38.1 Å². The summed E-state index contributed by atoms with van der Waals surface area (Å²) in [5.41, 5.74) is 0. The fourth-order valence-corrected chi connectivity index (χ4v) is 3.57. The van der Waals surface area contributed by atoms with Crippen molar-refractivity contribution in [2.75, 3.05) is 19.6 Å². The molecule has 1 atom stereocenters. The lowest BCUT2D eigenvalue weighted by molar-refractivity contribution is 0.268. The van der Waals surface area contributed by atoms with Gasteiger partial charge in [-0.25, -0.2) is 0 Å². The summed E-state index contributed by atoms with van der Waals surface area (Å²) in [6, 6.07) is 0.586. The summed E-state index contributed by atoms with van der Waals surface area (Å²) in [6.45, 7) is 3.75. The Morgan fingerprint density at radius 2 is 2.12 bits per heavy atom. The first-order chi connectivity index (χ1) is 8.31. The number of likely N-dealkylation sites (tertiary alicyclic amines) is 1. The lowest BCUT2D eigenvalue weighted by atomic mass is 10.1. The Balaban J connectivity index is 1.54. The second-order valence-corrected chi connectivity index (χ2v) is 6.41. The molecule has 1 aliphatic carbocycles. The number of aromatic nitrogens is 2. The van der Waals surface area contributed by atoms with Gasteiger partial charge < -0.3 is 4.90 Å². The van der Waals surface area contributed by atoms with Crippen LogP contribution in [0.15, 0.2) is 16.9 Å². The predicted octanol–water partition coefficient (Wildman–Crippen LogP) is 3.08. The fraction of sp³-hybridized carbons (Fsp3) is 0.769. The first-order valence-electron chi connectivity index (χ1n) is 6.73. The standard InChI is InChI=1S/C13H20BrN3/c14-12-7-15-17(9-12)13-5-6-16(10-13)8-11-3-1-2-4-11/h7,9,11,13H,1-6,8,10H2. The highest BCUT2D eigenvalue weighted by molar-refractivity contribution is 9.10. The molecule has 1 aromatic rings. The highest BCUT2D eigenvalue weighted by Crippen LogP contribution is 2.29. The molecule has 3 rings (SSSR count). The van der Waals surface area contributed by atoms with Crippen LogP contribution in [0.25, 0.3) is 0 Å². The SMILES string of the molecule is Brc1cnn(C2CCN(CC3CCCC3)C2)c1. The van der Waals surface area contributed by atoms with E-state index in [4.69, 9.17) is 0 Å². The van der Waals surface area contributed by atoms with E-state index in [9.17, 15) is 0 Å². The number of hydrogen-bond donors (Lipinski definition) is 0. The summed E-state index contributed by atoms with van der Waals surface area (Å²) in [6.07, 6.45) is 11.1. The van der Waals surface area contributed by atoms with Crippen molar-refractivity contribution in [2.45, 2.75) is 38.1 Å². The van der Waals surface area contributed by atoms with Gasteiger partial charge in [0.1, 0.15) is 0 Å². The third-order valence-corrected chi connectivity index (χ3v) is 4.59. The third kappa shape index (κ3) is 2.74. The van der Waals surface area contributed by atoms with Gasteiger partial charge in [-0.1, -0.05) is 12.8 Å². The average molecular weight is 298 g/mol. The van der Waals surface area contributed by atoms with Gasteiger partial charge in [0, 0.05) is 25.8 Å². The van der Waals surface area contributed by atoms with Crippen LogP contribution >= 0.6 is 15.9 Å². The molecule has 1 unspecified atom stereocenters. The minimum absolute atomic E-state index is 0.586. The Hall–Kier alpha value is -0.350. The molecular formula is C13H20BrN3. The first-order valence-corrected chi connectivity index (χ1v) is 7.52. The van der Waals surface area contributed by atoms with Crippen molar-refractivity contribution in [1.82, 2.24) is 14.7 Å². The molecule has 0 N–H and O–H groups in total. The molecule has 17 heavy (non-hydrogen) atoms. The summed E-state index contributed by atoms with van der Waals surface area (Å²) in [4.78, 5) is 2.64. The Morgan fingerprint density at radius 1 is 1.29 bits per heavy atom. The molecule has 1 saturated carbocycles. The molecule has 1 aromatic heterocycles. The van der Waals surface area contributed by atoms with Gasteiger partial charge in [0.2, 0.25) is 0 Å². The lowest BCUT2D eigenvalue weighted by Crippen LogP contribution is -2.27. The van der Waals surface area contributed by atoms with E-state index in [0.29, 0.717) is 6.04 Å². The topological polar surface area (TPSA) is 21.1 Å². The highest BCUT2D eigenvalue weighted by Gasteiger charge is 2.27. The Labute approximate surface area is 111 Å². The van der Waals surface area contributed by atoms with Crippen molar-refractivity contribution in [1.29, 1.82) is 0 Å². The maximum Gasteiger partial charge on any atom is 0.0658 e. The van der Waals surface area contributed by atoms with E-state index in [1.54, 1.807) is 0 Å². The van der Waals surface area contributed by atoms with E-state index in [1.807, 2.05) is 6.20 Å². The van der Waals surface area contributed by atoms with E-state index in [-0.39, 0.29) is 0 Å². The highest BCUT2D eigenvalue weighted by atomic mass is 79.9. The van der Waals surface area contributed by atoms with Crippen molar-refractivity contribution in [3.05, 3.63) is 16.9 Å². The Morgan fingerprint density at radius 3 is 2.82 bits per heavy atom. The van der Waals surface area contributed by atoms with Crippen LogP contribution in [0.5, 0.6) is 0 Å². The van der Waals surface area contributed by atoms with Crippen LogP contribution in [0.3, 0.4) is 0 Å². The smallest absolute Gasteiger partial charge is 0.0658 e. The van der Waals surface area contributed by atoms with E-state index >= 15 is 0 Å². The normalized spacial score (nSPS) is 27.0. The lowest BCUT2D eigenvalue weighted by Gasteiger charge is -2.20. The van der Waals surface area contributed by atoms with E-state index in [2.05, 4.69) is 36.8 Å². The van der Waals surface area contributed by atoms with Crippen LogP contribution in [-0.4, -0.2) is 34.3 Å². The fourth-order valence-electron chi connectivity index (χ4n) is 3.27. The molecule has 0 aromatic carbocycles. The molecule has 4 heteroatoms. The number of nitrogens with zero attached hydrogens (tertiary/aromatic N) is 3.